The second-order valence-electron chi connectivity index (χ2n) is 3.25. The molecule has 2 atom stereocenters. The molecule has 0 aliphatic rings. The molecule has 0 aromatic heterocycles. The third-order valence-electron chi connectivity index (χ3n) is 1.89. The number of nitrogens with zero attached hydrogens (tertiary/aromatic N) is 1. The summed E-state index contributed by atoms with van der Waals surface area (Å²) in [6, 6.07) is 0. The Balaban J connectivity index is 0. The molecule has 0 fully saturated rings. The molecule has 21 heavy (non-hydrogen) atoms. The fraction of sp³-hybridized carbons (Fsp3) is 0.800. The summed E-state index contributed by atoms with van der Waals surface area (Å²) in [6.07, 6.45) is 1.44. The van der Waals surface area contributed by atoms with Gasteiger partial charge in [0.2, 0.25) is 0 Å². The van der Waals surface area contributed by atoms with E-state index in [1.54, 1.807) is 13.8 Å². The first-order valence-corrected chi connectivity index (χ1v) is 9.50. The summed E-state index contributed by atoms with van der Waals surface area (Å²) in [4.78, 5) is 9.92. The van der Waals surface area contributed by atoms with Gasteiger partial charge in [-0.2, -0.15) is 0 Å². The first-order valence-electron chi connectivity index (χ1n) is 6.05. The van der Waals surface area contributed by atoms with E-state index in [2.05, 4.69) is 14.2 Å². The van der Waals surface area contributed by atoms with Gasteiger partial charge in [0.15, 0.2) is 0 Å². The standard InChI is InChI=1S/C5H12NO4P.C5H11O4P/c1-3-10-11(8,9-2)5-4-6-7;1-3-9-10(7,8-2)5-4-6/h4,7H,3,5H2,1-2H3;4H,3,5H2,1-2H3/b6-4+;. The molecule has 9 nitrogen and oxygen atoms in total. The number of carbonyl (C=O) groups excluding carboxylic acids is 1. The Bertz CT molecular complexity index is 387. The minimum atomic E-state index is -3.07. The monoisotopic (exact) mass is 347 g/mol. The third kappa shape index (κ3) is 11.7. The molecule has 11 heteroatoms. The van der Waals surface area contributed by atoms with Gasteiger partial charge in [-0.25, -0.2) is 0 Å². The lowest BCUT2D eigenvalue weighted by Gasteiger charge is -2.11. The van der Waals surface area contributed by atoms with E-state index in [0.717, 1.165) is 6.21 Å². The Kier molecular flexibility index (Phi) is 14.2. The zero-order valence-electron chi connectivity index (χ0n) is 12.6. The molecule has 0 saturated heterocycles. The molecule has 0 aliphatic carbocycles. The molecule has 0 saturated carbocycles. The lowest BCUT2D eigenvalue weighted by atomic mass is 10.9. The van der Waals surface area contributed by atoms with Gasteiger partial charge in [-0.3, -0.25) is 9.13 Å². The zero-order chi connectivity index (χ0) is 16.8. The number of hydrogen-bond donors (Lipinski definition) is 1. The van der Waals surface area contributed by atoms with Crippen LogP contribution in [-0.4, -0.2) is 57.5 Å². The van der Waals surface area contributed by atoms with Crippen LogP contribution in [0, 0.1) is 0 Å². The number of oxime groups is 1. The molecule has 2 unspecified atom stereocenters. The highest BCUT2D eigenvalue weighted by molar-refractivity contribution is 7.55. The SMILES string of the molecule is CCOP(=O)(C/C=N/O)OC.CCOP(=O)(CC=O)OC. The second-order valence-corrected chi connectivity index (χ2v) is 7.67. The van der Waals surface area contributed by atoms with Crippen LogP contribution in [0.3, 0.4) is 0 Å². The van der Waals surface area contributed by atoms with E-state index >= 15 is 0 Å². The summed E-state index contributed by atoms with van der Waals surface area (Å²) in [6.45, 7) is 4.00. The molecule has 0 rings (SSSR count). The lowest BCUT2D eigenvalue weighted by Crippen LogP contribution is -1.98. The average Bonchev–Trinajstić information content (AvgIpc) is 2.47. The summed E-state index contributed by atoms with van der Waals surface area (Å²) < 4.78 is 41.1. The van der Waals surface area contributed by atoms with E-state index < -0.39 is 15.2 Å². The smallest absolute Gasteiger partial charge is 0.337 e. The van der Waals surface area contributed by atoms with E-state index in [9.17, 15) is 13.9 Å². The molecule has 1 N–H and O–H groups in total. The highest BCUT2D eigenvalue weighted by Gasteiger charge is 2.21. The van der Waals surface area contributed by atoms with E-state index in [0.29, 0.717) is 19.5 Å². The summed E-state index contributed by atoms with van der Waals surface area (Å²) in [5.74, 6) is 0. The van der Waals surface area contributed by atoms with Crippen LogP contribution in [0.4, 0.5) is 0 Å². The molecule has 0 spiro atoms. The van der Waals surface area contributed by atoms with Crippen LogP contribution >= 0.6 is 15.2 Å². The molecule has 0 amide bonds. The first-order chi connectivity index (χ1) is 9.86. The van der Waals surface area contributed by atoms with Crippen LogP contribution < -0.4 is 0 Å². The Morgan fingerprint density at radius 3 is 1.71 bits per heavy atom. The van der Waals surface area contributed by atoms with E-state index in [1.165, 1.54) is 14.2 Å². The molecule has 0 heterocycles. The lowest BCUT2D eigenvalue weighted by molar-refractivity contribution is -0.106. The normalized spacial score (nSPS) is 16.6. The van der Waals surface area contributed by atoms with E-state index in [-0.39, 0.29) is 12.3 Å². The fourth-order valence-electron chi connectivity index (χ4n) is 0.981. The first kappa shape index (κ1) is 22.7. The Labute approximate surface area is 124 Å². The van der Waals surface area contributed by atoms with Crippen LogP contribution in [-0.2, 0) is 32.0 Å². The number of hydrogen-bond acceptors (Lipinski definition) is 9. The predicted molar refractivity (Wildman–Crippen MR) is 78.6 cm³/mol. The molecule has 0 bridgehead atoms. The average molecular weight is 347 g/mol. The van der Waals surface area contributed by atoms with Crippen molar-refractivity contribution in [1.29, 1.82) is 0 Å². The third-order valence-corrected chi connectivity index (χ3v) is 5.52. The van der Waals surface area contributed by atoms with Crippen molar-refractivity contribution < 1.29 is 37.2 Å². The van der Waals surface area contributed by atoms with Crippen molar-refractivity contribution in [3.63, 3.8) is 0 Å². The van der Waals surface area contributed by atoms with Gasteiger partial charge in [-0.15, -0.1) is 5.16 Å². The van der Waals surface area contributed by atoms with Gasteiger partial charge in [0, 0.05) is 14.2 Å². The van der Waals surface area contributed by atoms with Crippen LogP contribution in [0.25, 0.3) is 0 Å². The predicted octanol–water partition coefficient (Wildman–Crippen LogP) is 2.38. The number of carbonyl (C=O) groups is 1. The summed E-state index contributed by atoms with van der Waals surface area (Å²) in [5.41, 5.74) is 0. The second kappa shape index (κ2) is 13.1. The van der Waals surface area contributed by atoms with Gasteiger partial charge in [-0.05, 0) is 13.8 Å². The van der Waals surface area contributed by atoms with Crippen LogP contribution in [0.5, 0.6) is 0 Å². The minimum absolute atomic E-state index is 0.00611. The quantitative estimate of drug-likeness (QED) is 0.210. The number of rotatable bonds is 10. The maximum Gasteiger partial charge on any atom is 0.337 e. The van der Waals surface area contributed by atoms with Gasteiger partial charge in [0.1, 0.15) is 12.4 Å². The Hall–Kier alpha value is -0.560. The molecular weight excluding hydrogens is 324 g/mol. The van der Waals surface area contributed by atoms with Crippen LogP contribution in [0.2, 0.25) is 0 Å². The molecule has 126 valence electrons. The van der Waals surface area contributed by atoms with Crippen molar-refractivity contribution in [3.8, 4) is 0 Å². The number of aldehydes is 1. The van der Waals surface area contributed by atoms with Crippen molar-refractivity contribution in [2.45, 2.75) is 13.8 Å². The van der Waals surface area contributed by atoms with Crippen LogP contribution in [0.1, 0.15) is 13.8 Å². The van der Waals surface area contributed by atoms with Gasteiger partial charge in [0.05, 0.1) is 25.6 Å². The largest absolute Gasteiger partial charge is 0.411 e. The summed E-state index contributed by atoms with van der Waals surface area (Å²) >= 11 is 0. The highest BCUT2D eigenvalue weighted by Crippen LogP contribution is 2.46. The van der Waals surface area contributed by atoms with Gasteiger partial charge in [0.25, 0.3) is 0 Å². The topological polar surface area (TPSA) is 121 Å². The van der Waals surface area contributed by atoms with Crippen LogP contribution in [0.15, 0.2) is 5.16 Å². The highest BCUT2D eigenvalue weighted by atomic mass is 31.2. The Morgan fingerprint density at radius 2 is 1.43 bits per heavy atom. The van der Waals surface area contributed by atoms with Crippen molar-refractivity contribution in [2.75, 3.05) is 39.8 Å². The summed E-state index contributed by atoms with van der Waals surface area (Å²) in [7, 11) is -3.54. The maximum absolute atomic E-state index is 11.3. The van der Waals surface area contributed by atoms with Crippen molar-refractivity contribution in [1.82, 2.24) is 0 Å². The minimum Gasteiger partial charge on any atom is -0.411 e. The van der Waals surface area contributed by atoms with Crippen molar-refractivity contribution in [2.24, 2.45) is 5.16 Å². The van der Waals surface area contributed by atoms with Gasteiger partial charge in [-0.1, -0.05) is 0 Å². The van der Waals surface area contributed by atoms with Crippen molar-refractivity contribution in [3.05, 3.63) is 0 Å². The summed E-state index contributed by atoms with van der Waals surface area (Å²) in [5, 5.41) is 10.7. The molecule has 0 aromatic rings. The molecular formula is C10H23NO8P2. The molecule has 0 aliphatic heterocycles. The van der Waals surface area contributed by atoms with Gasteiger partial charge >= 0.3 is 15.2 Å². The van der Waals surface area contributed by atoms with E-state index in [1.807, 2.05) is 0 Å². The zero-order valence-corrected chi connectivity index (χ0v) is 14.4. The van der Waals surface area contributed by atoms with Gasteiger partial charge < -0.3 is 28.1 Å². The van der Waals surface area contributed by atoms with E-state index in [4.69, 9.17) is 14.3 Å². The molecule has 0 radical (unpaired) electrons. The Morgan fingerprint density at radius 1 is 1.00 bits per heavy atom. The maximum atomic E-state index is 11.3. The fourth-order valence-corrected chi connectivity index (χ4v) is 2.94. The molecule has 0 aromatic carbocycles. The van der Waals surface area contributed by atoms with Crippen molar-refractivity contribution >= 4 is 27.7 Å².